The number of halogens is 2. The van der Waals surface area contributed by atoms with E-state index in [9.17, 15) is 4.39 Å². The molecule has 1 aliphatic carbocycles. The molecule has 1 nitrogen and oxygen atoms in total. The van der Waals surface area contributed by atoms with E-state index in [1.807, 2.05) is 18.2 Å². The molecule has 1 aliphatic rings. The smallest absolute Gasteiger partial charge is 0.128 e. The van der Waals surface area contributed by atoms with Crippen molar-refractivity contribution >= 4 is 15.9 Å². The predicted octanol–water partition coefficient (Wildman–Crippen LogP) is 4.32. The Kier molecular flexibility index (Phi) is 3.19. The molecule has 0 radical (unpaired) electrons. The van der Waals surface area contributed by atoms with Gasteiger partial charge < -0.3 is 5.73 Å². The second kappa shape index (κ2) is 4.73. The van der Waals surface area contributed by atoms with Gasteiger partial charge in [-0.05, 0) is 36.6 Å². The van der Waals surface area contributed by atoms with Crippen molar-refractivity contribution in [3.8, 4) is 0 Å². The van der Waals surface area contributed by atoms with Crippen LogP contribution in [0.25, 0.3) is 0 Å². The summed E-state index contributed by atoms with van der Waals surface area (Å²) < 4.78 is 14.9. The van der Waals surface area contributed by atoms with Crippen LogP contribution in [0.1, 0.15) is 30.0 Å². The van der Waals surface area contributed by atoms with Gasteiger partial charge in [-0.2, -0.15) is 0 Å². The molecule has 1 fully saturated rings. The van der Waals surface area contributed by atoms with Crippen LogP contribution in [0.2, 0.25) is 0 Å². The molecule has 3 heteroatoms. The van der Waals surface area contributed by atoms with E-state index in [4.69, 9.17) is 5.73 Å². The van der Waals surface area contributed by atoms with Crippen molar-refractivity contribution in [1.29, 1.82) is 0 Å². The molecule has 0 amide bonds. The van der Waals surface area contributed by atoms with Gasteiger partial charge in [0.05, 0.1) is 0 Å². The van der Waals surface area contributed by atoms with E-state index in [1.165, 1.54) is 11.6 Å². The third-order valence-electron chi connectivity index (χ3n) is 4.03. The Labute approximate surface area is 120 Å². The SMILES string of the molecule is NC(c1cc(Br)ccc1F)C1(c2ccccc2)CC1. The lowest BCUT2D eigenvalue weighted by molar-refractivity contribution is 0.504. The van der Waals surface area contributed by atoms with E-state index in [-0.39, 0.29) is 17.3 Å². The van der Waals surface area contributed by atoms with Gasteiger partial charge in [-0.25, -0.2) is 4.39 Å². The zero-order valence-electron chi connectivity index (χ0n) is 10.4. The van der Waals surface area contributed by atoms with E-state index in [0.29, 0.717) is 5.56 Å². The summed E-state index contributed by atoms with van der Waals surface area (Å²) in [6.07, 6.45) is 2.04. The summed E-state index contributed by atoms with van der Waals surface area (Å²) in [6, 6.07) is 14.9. The maximum absolute atomic E-state index is 14.0. The van der Waals surface area contributed by atoms with E-state index in [2.05, 4.69) is 28.1 Å². The maximum Gasteiger partial charge on any atom is 0.128 e. The molecule has 0 aliphatic heterocycles. The van der Waals surface area contributed by atoms with Gasteiger partial charge in [0.15, 0.2) is 0 Å². The van der Waals surface area contributed by atoms with Crippen molar-refractivity contribution < 1.29 is 4.39 Å². The first-order valence-electron chi connectivity index (χ1n) is 6.39. The predicted molar refractivity (Wildman–Crippen MR) is 78.4 cm³/mol. The summed E-state index contributed by atoms with van der Waals surface area (Å²) in [6.45, 7) is 0. The minimum atomic E-state index is -0.299. The molecule has 2 aromatic carbocycles. The zero-order chi connectivity index (χ0) is 13.5. The summed E-state index contributed by atoms with van der Waals surface area (Å²) in [4.78, 5) is 0. The highest BCUT2D eigenvalue weighted by molar-refractivity contribution is 9.10. The molecular formula is C16H15BrFN. The normalized spacial score (nSPS) is 18.1. The van der Waals surface area contributed by atoms with Crippen LogP contribution in [0.3, 0.4) is 0 Å². The van der Waals surface area contributed by atoms with Crippen LogP contribution in [0.5, 0.6) is 0 Å². The van der Waals surface area contributed by atoms with Crippen LogP contribution in [0, 0.1) is 5.82 Å². The van der Waals surface area contributed by atoms with Crippen LogP contribution in [-0.2, 0) is 5.41 Å². The number of hydrogen-bond donors (Lipinski definition) is 1. The highest BCUT2D eigenvalue weighted by Crippen LogP contribution is 2.55. The van der Waals surface area contributed by atoms with Crippen LogP contribution in [0.15, 0.2) is 53.0 Å². The van der Waals surface area contributed by atoms with Crippen LogP contribution < -0.4 is 5.73 Å². The fourth-order valence-electron chi connectivity index (χ4n) is 2.73. The van der Waals surface area contributed by atoms with Gasteiger partial charge in [-0.15, -0.1) is 0 Å². The first-order valence-corrected chi connectivity index (χ1v) is 7.19. The molecule has 2 N–H and O–H groups in total. The Morgan fingerprint density at radius 3 is 2.42 bits per heavy atom. The monoisotopic (exact) mass is 319 g/mol. The molecule has 0 spiro atoms. The Hall–Kier alpha value is -1.19. The summed E-state index contributed by atoms with van der Waals surface area (Å²) in [5.41, 5.74) is 8.09. The van der Waals surface area contributed by atoms with E-state index in [1.54, 1.807) is 12.1 Å². The second-order valence-corrected chi connectivity index (χ2v) is 6.08. The largest absolute Gasteiger partial charge is 0.323 e. The third kappa shape index (κ3) is 2.21. The summed E-state index contributed by atoms with van der Waals surface area (Å²) >= 11 is 3.39. The van der Waals surface area contributed by atoms with Crippen LogP contribution in [0.4, 0.5) is 4.39 Å². The highest BCUT2D eigenvalue weighted by Gasteiger charge is 2.50. The van der Waals surface area contributed by atoms with Gasteiger partial charge in [0.2, 0.25) is 0 Å². The van der Waals surface area contributed by atoms with Crippen molar-refractivity contribution in [2.24, 2.45) is 5.73 Å². The Morgan fingerprint density at radius 1 is 1.11 bits per heavy atom. The van der Waals surface area contributed by atoms with Gasteiger partial charge in [-0.3, -0.25) is 0 Å². The summed E-state index contributed by atoms with van der Waals surface area (Å²) in [5, 5.41) is 0. The zero-order valence-corrected chi connectivity index (χ0v) is 12.0. The van der Waals surface area contributed by atoms with Gasteiger partial charge in [0, 0.05) is 21.5 Å². The Balaban J connectivity index is 2.00. The molecule has 0 saturated heterocycles. The fourth-order valence-corrected chi connectivity index (χ4v) is 3.11. The minimum Gasteiger partial charge on any atom is -0.323 e. The molecule has 98 valence electrons. The number of rotatable bonds is 3. The molecule has 0 aromatic heterocycles. The molecule has 1 saturated carbocycles. The molecule has 1 atom stereocenters. The van der Waals surface area contributed by atoms with Crippen molar-refractivity contribution in [2.45, 2.75) is 24.3 Å². The average molecular weight is 320 g/mol. The topological polar surface area (TPSA) is 26.0 Å². The molecule has 0 heterocycles. The summed E-state index contributed by atoms with van der Waals surface area (Å²) in [5.74, 6) is -0.224. The van der Waals surface area contributed by atoms with Gasteiger partial charge in [0.1, 0.15) is 5.82 Å². The Bertz CT molecular complexity index is 593. The third-order valence-corrected chi connectivity index (χ3v) is 4.52. The molecule has 0 bridgehead atoms. The number of nitrogens with two attached hydrogens (primary N) is 1. The molecule has 2 aromatic rings. The van der Waals surface area contributed by atoms with Crippen molar-refractivity contribution in [3.63, 3.8) is 0 Å². The van der Waals surface area contributed by atoms with Crippen molar-refractivity contribution in [1.82, 2.24) is 0 Å². The van der Waals surface area contributed by atoms with Crippen LogP contribution in [-0.4, -0.2) is 0 Å². The quantitative estimate of drug-likeness (QED) is 0.895. The van der Waals surface area contributed by atoms with Gasteiger partial charge in [0.25, 0.3) is 0 Å². The van der Waals surface area contributed by atoms with Crippen molar-refractivity contribution in [2.75, 3.05) is 0 Å². The molecule has 19 heavy (non-hydrogen) atoms. The van der Waals surface area contributed by atoms with Crippen LogP contribution >= 0.6 is 15.9 Å². The number of hydrogen-bond acceptors (Lipinski definition) is 1. The van der Waals surface area contributed by atoms with E-state index < -0.39 is 0 Å². The average Bonchev–Trinajstić information content (AvgIpc) is 3.23. The van der Waals surface area contributed by atoms with Gasteiger partial charge >= 0.3 is 0 Å². The first kappa shape index (κ1) is 12.8. The lowest BCUT2D eigenvalue weighted by atomic mass is 9.84. The molecular weight excluding hydrogens is 305 g/mol. The molecule has 1 unspecified atom stereocenters. The standard InChI is InChI=1S/C16H15BrFN/c17-12-6-7-14(18)13(10-12)15(19)16(8-9-16)11-4-2-1-3-5-11/h1-7,10,15H,8-9,19H2. The first-order chi connectivity index (χ1) is 9.13. The second-order valence-electron chi connectivity index (χ2n) is 5.17. The van der Waals surface area contributed by atoms with E-state index >= 15 is 0 Å². The van der Waals surface area contributed by atoms with Gasteiger partial charge in [-0.1, -0.05) is 46.3 Å². The van der Waals surface area contributed by atoms with Crippen molar-refractivity contribution in [3.05, 3.63) is 69.9 Å². The molecule has 3 rings (SSSR count). The minimum absolute atomic E-state index is 0.0944. The highest BCUT2D eigenvalue weighted by atomic mass is 79.9. The maximum atomic E-state index is 14.0. The Morgan fingerprint density at radius 2 is 1.79 bits per heavy atom. The van der Waals surface area contributed by atoms with E-state index in [0.717, 1.165) is 17.3 Å². The fraction of sp³-hybridized carbons (Fsp3) is 0.250. The lowest BCUT2D eigenvalue weighted by Gasteiger charge is -2.25. The number of benzene rings is 2. The lowest BCUT2D eigenvalue weighted by Crippen LogP contribution is -2.27. The summed E-state index contributed by atoms with van der Waals surface area (Å²) in [7, 11) is 0.